The zero-order chi connectivity index (χ0) is 20.1. The molecule has 0 radical (unpaired) electrons. The van der Waals surface area contributed by atoms with E-state index in [1.807, 2.05) is 0 Å². The van der Waals surface area contributed by atoms with Crippen LogP contribution in [0, 0.1) is 17.7 Å². The molecule has 2 aromatic rings. The summed E-state index contributed by atoms with van der Waals surface area (Å²) in [5.74, 6) is -3.61. The number of rotatable bonds is 3. The summed E-state index contributed by atoms with van der Waals surface area (Å²) < 4.78 is 18.3. The predicted octanol–water partition coefficient (Wildman–Crippen LogP) is 2.21. The molecule has 28 heavy (non-hydrogen) atoms. The summed E-state index contributed by atoms with van der Waals surface area (Å²) in [5, 5.41) is 3.12. The van der Waals surface area contributed by atoms with Crippen LogP contribution >= 0.6 is 0 Å². The number of fused-ring (bicyclic) bond motifs is 1. The molecule has 144 valence electrons. The Morgan fingerprint density at radius 3 is 2.32 bits per heavy atom. The molecular formula is C21H19FN2O4. The fourth-order valence-electron chi connectivity index (χ4n) is 4.33. The first-order chi connectivity index (χ1) is 13.4. The lowest BCUT2D eigenvalue weighted by Gasteiger charge is -2.28. The number of benzene rings is 2. The molecule has 7 heteroatoms. The van der Waals surface area contributed by atoms with Crippen molar-refractivity contribution in [3.63, 3.8) is 0 Å². The van der Waals surface area contributed by atoms with Gasteiger partial charge in [-0.05, 0) is 36.8 Å². The number of hydrogen-bond donors (Lipinski definition) is 1. The molecule has 0 aliphatic carbocycles. The van der Waals surface area contributed by atoms with E-state index < -0.39 is 47.0 Å². The molecule has 0 unspecified atom stereocenters. The number of imide groups is 1. The Labute approximate surface area is 161 Å². The average Bonchev–Trinajstić information content (AvgIpc) is 3.16. The minimum Gasteiger partial charge on any atom is -0.468 e. The van der Waals surface area contributed by atoms with Crippen LogP contribution in [0.15, 0.2) is 54.6 Å². The molecule has 2 aromatic carbocycles. The SMILES string of the molecule is COC(=O)[C@]1(C)N[C@@H](c2ccc(F)cc2)[C@H]2C(=O)N(c3ccccc3)C(=O)[C@@H]21. The number of anilines is 1. The third-order valence-corrected chi connectivity index (χ3v) is 5.64. The van der Waals surface area contributed by atoms with Crippen molar-refractivity contribution in [3.05, 3.63) is 66.0 Å². The normalized spacial score (nSPS) is 29.1. The number of esters is 1. The first kappa shape index (κ1) is 18.3. The lowest BCUT2D eigenvalue weighted by atomic mass is 9.80. The van der Waals surface area contributed by atoms with E-state index in [2.05, 4.69) is 5.32 Å². The van der Waals surface area contributed by atoms with Gasteiger partial charge in [0.2, 0.25) is 11.8 Å². The largest absolute Gasteiger partial charge is 0.468 e. The predicted molar refractivity (Wildman–Crippen MR) is 98.6 cm³/mol. The van der Waals surface area contributed by atoms with Crippen LogP contribution < -0.4 is 10.2 Å². The molecule has 6 nitrogen and oxygen atoms in total. The number of hydrogen-bond acceptors (Lipinski definition) is 5. The van der Waals surface area contributed by atoms with Crippen LogP contribution in [0.2, 0.25) is 0 Å². The maximum Gasteiger partial charge on any atom is 0.326 e. The highest BCUT2D eigenvalue weighted by Crippen LogP contribution is 2.49. The second kappa shape index (κ2) is 6.53. The van der Waals surface area contributed by atoms with Crippen LogP contribution in [0.25, 0.3) is 0 Å². The fourth-order valence-corrected chi connectivity index (χ4v) is 4.33. The van der Waals surface area contributed by atoms with Crippen molar-refractivity contribution in [2.24, 2.45) is 11.8 Å². The van der Waals surface area contributed by atoms with Gasteiger partial charge < -0.3 is 4.74 Å². The molecule has 0 saturated carbocycles. The zero-order valence-electron chi connectivity index (χ0n) is 15.4. The minimum absolute atomic E-state index is 0.393. The van der Waals surface area contributed by atoms with E-state index in [9.17, 15) is 18.8 Å². The standard InChI is InChI=1S/C21H19FN2O4/c1-21(20(27)28-2)16-15(17(23-21)12-8-10-13(22)11-9-12)18(25)24(19(16)26)14-6-4-3-5-7-14/h3-11,15-17,23H,1-2H3/t15-,16+,17-,21+/m0/s1. The highest BCUT2D eigenvalue weighted by molar-refractivity contribution is 6.24. The van der Waals surface area contributed by atoms with Crippen LogP contribution in [0.3, 0.4) is 0 Å². The van der Waals surface area contributed by atoms with Gasteiger partial charge in [-0.3, -0.25) is 19.7 Å². The van der Waals surface area contributed by atoms with Crippen LogP contribution in [-0.2, 0) is 19.1 Å². The lowest BCUT2D eigenvalue weighted by molar-refractivity contribution is -0.151. The van der Waals surface area contributed by atoms with Gasteiger partial charge in [0.05, 0.1) is 24.6 Å². The van der Waals surface area contributed by atoms with Gasteiger partial charge in [0.25, 0.3) is 0 Å². The van der Waals surface area contributed by atoms with E-state index in [1.54, 1.807) is 49.4 Å². The average molecular weight is 382 g/mol. The van der Waals surface area contributed by atoms with Crippen molar-refractivity contribution < 1.29 is 23.5 Å². The van der Waals surface area contributed by atoms with Gasteiger partial charge in [-0.2, -0.15) is 0 Å². The summed E-state index contributed by atoms with van der Waals surface area (Å²) in [6.07, 6.45) is 0. The first-order valence-corrected chi connectivity index (χ1v) is 8.93. The molecule has 0 spiro atoms. The van der Waals surface area contributed by atoms with Gasteiger partial charge in [-0.1, -0.05) is 30.3 Å². The van der Waals surface area contributed by atoms with Gasteiger partial charge in [-0.25, -0.2) is 9.29 Å². The molecule has 2 aliphatic rings. The van der Waals surface area contributed by atoms with Gasteiger partial charge in [0, 0.05) is 6.04 Å². The Hall–Kier alpha value is -3.06. The molecule has 2 fully saturated rings. The quantitative estimate of drug-likeness (QED) is 0.651. The monoisotopic (exact) mass is 382 g/mol. The molecule has 4 atom stereocenters. The topological polar surface area (TPSA) is 75.7 Å². The minimum atomic E-state index is -1.38. The summed E-state index contributed by atoms with van der Waals surface area (Å²) in [7, 11) is 1.24. The molecule has 0 bridgehead atoms. The number of nitrogens with one attached hydrogen (secondary N) is 1. The maximum absolute atomic E-state index is 13.4. The number of para-hydroxylation sites is 1. The van der Waals surface area contributed by atoms with E-state index in [-0.39, 0.29) is 0 Å². The number of carbonyl (C=O) groups is 3. The Kier molecular flexibility index (Phi) is 4.27. The summed E-state index contributed by atoms with van der Waals surface area (Å²) >= 11 is 0. The summed E-state index contributed by atoms with van der Waals surface area (Å²) in [5.41, 5.74) is -0.300. The second-order valence-electron chi connectivity index (χ2n) is 7.22. The smallest absolute Gasteiger partial charge is 0.326 e. The second-order valence-corrected chi connectivity index (χ2v) is 7.22. The molecule has 4 rings (SSSR count). The maximum atomic E-state index is 13.4. The fraction of sp³-hybridized carbons (Fsp3) is 0.286. The van der Waals surface area contributed by atoms with Crippen molar-refractivity contribution in [3.8, 4) is 0 Å². The van der Waals surface area contributed by atoms with Gasteiger partial charge >= 0.3 is 5.97 Å². The van der Waals surface area contributed by atoms with Crippen LogP contribution in [0.1, 0.15) is 18.5 Å². The van der Waals surface area contributed by atoms with Crippen molar-refractivity contribution in [2.45, 2.75) is 18.5 Å². The van der Waals surface area contributed by atoms with Gasteiger partial charge in [0.1, 0.15) is 11.4 Å². The number of carbonyl (C=O) groups excluding carboxylic acids is 3. The van der Waals surface area contributed by atoms with E-state index in [1.165, 1.54) is 19.2 Å². The number of ether oxygens (including phenoxy) is 1. The molecule has 2 aliphatic heterocycles. The van der Waals surface area contributed by atoms with Crippen LogP contribution in [0.5, 0.6) is 0 Å². The molecular weight excluding hydrogens is 363 g/mol. The summed E-state index contributed by atoms with van der Waals surface area (Å²) in [6, 6.07) is 13.7. The van der Waals surface area contributed by atoms with Gasteiger partial charge in [0.15, 0.2) is 0 Å². The van der Waals surface area contributed by atoms with Gasteiger partial charge in [-0.15, -0.1) is 0 Å². The van der Waals surface area contributed by atoms with Crippen LogP contribution in [0.4, 0.5) is 10.1 Å². The third-order valence-electron chi connectivity index (χ3n) is 5.64. The van der Waals surface area contributed by atoms with Crippen molar-refractivity contribution in [1.82, 2.24) is 5.32 Å². The Morgan fingerprint density at radius 2 is 1.71 bits per heavy atom. The summed E-state index contributed by atoms with van der Waals surface area (Å²) in [6.45, 7) is 1.57. The molecule has 2 heterocycles. The number of amides is 2. The molecule has 0 aromatic heterocycles. The van der Waals surface area contributed by atoms with E-state index >= 15 is 0 Å². The highest BCUT2D eigenvalue weighted by Gasteiger charge is 2.67. The Morgan fingerprint density at radius 1 is 1.07 bits per heavy atom. The van der Waals surface area contributed by atoms with E-state index in [0.29, 0.717) is 11.3 Å². The Bertz CT molecular complexity index is 947. The number of halogens is 1. The van der Waals surface area contributed by atoms with Crippen molar-refractivity contribution >= 4 is 23.5 Å². The Balaban J connectivity index is 1.82. The van der Waals surface area contributed by atoms with Crippen molar-refractivity contribution in [1.29, 1.82) is 0 Å². The number of methoxy groups -OCH3 is 1. The third kappa shape index (κ3) is 2.54. The first-order valence-electron chi connectivity index (χ1n) is 8.93. The molecule has 2 saturated heterocycles. The van der Waals surface area contributed by atoms with Crippen LogP contribution in [-0.4, -0.2) is 30.4 Å². The number of nitrogens with zero attached hydrogens (tertiary/aromatic N) is 1. The van der Waals surface area contributed by atoms with E-state index in [4.69, 9.17) is 4.74 Å². The summed E-state index contributed by atoms with van der Waals surface area (Å²) in [4.78, 5) is 40.3. The molecule has 2 amide bonds. The molecule has 1 N–H and O–H groups in total. The lowest BCUT2D eigenvalue weighted by Crippen LogP contribution is -2.54. The zero-order valence-corrected chi connectivity index (χ0v) is 15.4. The highest BCUT2D eigenvalue weighted by atomic mass is 19.1. The van der Waals surface area contributed by atoms with Crippen molar-refractivity contribution in [2.75, 3.05) is 12.0 Å². The van der Waals surface area contributed by atoms with E-state index in [0.717, 1.165) is 4.90 Å².